The lowest BCUT2D eigenvalue weighted by molar-refractivity contribution is 0.0331. The van der Waals surface area contributed by atoms with E-state index in [1.54, 1.807) is 7.11 Å². The van der Waals surface area contributed by atoms with E-state index < -0.39 is 6.10 Å². The molecule has 2 atom stereocenters. The standard InChI is InChI=1S/C16H25ClN2O2/c1-13-11-18(7-8-19(13)9-10-21-2)12-16(20)14-5-3-4-6-15(14)17/h3-6,13,16,20H,7-12H2,1-2H3. The lowest BCUT2D eigenvalue weighted by atomic mass is 10.1. The number of aliphatic hydroxyl groups excluding tert-OH is 1. The van der Waals surface area contributed by atoms with Gasteiger partial charge in [-0.05, 0) is 13.0 Å². The van der Waals surface area contributed by atoms with Gasteiger partial charge in [-0.25, -0.2) is 0 Å². The maximum absolute atomic E-state index is 10.4. The number of benzene rings is 1. The number of aliphatic hydroxyl groups is 1. The fraction of sp³-hybridized carbons (Fsp3) is 0.625. The Hall–Kier alpha value is -0.650. The summed E-state index contributed by atoms with van der Waals surface area (Å²) in [4.78, 5) is 4.74. The normalized spacial score (nSPS) is 22.4. The molecule has 1 heterocycles. The smallest absolute Gasteiger partial charge is 0.0931 e. The third kappa shape index (κ3) is 4.66. The van der Waals surface area contributed by atoms with Gasteiger partial charge in [-0.15, -0.1) is 0 Å². The molecule has 1 N–H and O–H groups in total. The van der Waals surface area contributed by atoms with Crippen molar-refractivity contribution in [1.82, 2.24) is 9.80 Å². The maximum Gasteiger partial charge on any atom is 0.0931 e. The molecule has 1 aromatic carbocycles. The van der Waals surface area contributed by atoms with Gasteiger partial charge >= 0.3 is 0 Å². The molecule has 0 aromatic heterocycles. The molecule has 118 valence electrons. The largest absolute Gasteiger partial charge is 0.387 e. The van der Waals surface area contributed by atoms with Crippen LogP contribution in [-0.4, -0.2) is 67.4 Å². The van der Waals surface area contributed by atoms with Crippen molar-refractivity contribution in [1.29, 1.82) is 0 Å². The first-order chi connectivity index (χ1) is 10.1. The van der Waals surface area contributed by atoms with Gasteiger partial charge in [0.15, 0.2) is 0 Å². The number of halogens is 1. The van der Waals surface area contributed by atoms with E-state index in [0.717, 1.165) is 38.3 Å². The van der Waals surface area contributed by atoms with Crippen LogP contribution in [0.3, 0.4) is 0 Å². The fourth-order valence-corrected chi connectivity index (χ4v) is 3.13. The molecule has 4 nitrogen and oxygen atoms in total. The van der Waals surface area contributed by atoms with E-state index in [9.17, 15) is 5.11 Å². The minimum atomic E-state index is -0.531. The number of hydrogen-bond acceptors (Lipinski definition) is 4. The van der Waals surface area contributed by atoms with Crippen LogP contribution in [0.4, 0.5) is 0 Å². The number of methoxy groups -OCH3 is 1. The van der Waals surface area contributed by atoms with Crippen LogP contribution in [0.2, 0.25) is 5.02 Å². The average molecular weight is 313 g/mol. The van der Waals surface area contributed by atoms with Gasteiger partial charge in [0.05, 0.1) is 12.7 Å². The van der Waals surface area contributed by atoms with Crippen LogP contribution in [0.1, 0.15) is 18.6 Å². The van der Waals surface area contributed by atoms with Crippen molar-refractivity contribution in [3.8, 4) is 0 Å². The summed E-state index contributed by atoms with van der Waals surface area (Å²) in [5.74, 6) is 0. The maximum atomic E-state index is 10.4. The van der Waals surface area contributed by atoms with Crippen LogP contribution in [0, 0.1) is 0 Å². The fourth-order valence-electron chi connectivity index (χ4n) is 2.87. The van der Waals surface area contributed by atoms with Gasteiger partial charge in [-0.2, -0.15) is 0 Å². The Labute approximate surface area is 132 Å². The van der Waals surface area contributed by atoms with Gasteiger partial charge in [0, 0.05) is 56.5 Å². The zero-order chi connectivity index (χ0) is 15.2. The van der Waals surface area contributed by atoms with E-state index in [1.165, 1.54) is 0 Å². The Bertz CT molecular complexity index is 444. The Morgan fingerprint density at radius 2 is 2.14 bits per heavy atom. The topological polar surface area (TPSA) is 35.9 Å². The summed E-state index contributed by atoms with van der Waals surface area (Å²) >= 11 is 6.15. The second kappa shape index (κ2) is 8.11. The molecule has 1 aliphatic heterocycles. The molecule has 0 spiro atoms. The SMILES string of the molecule is COCCN1CCN(CC(O)c2ccccc2Cl)CC1C. The van der Waals surface area contributed by atoms with Crippen molar-refractivity contribution in [2.24, 2.45) is 0 Å². The van der Waals surface area contributed by atoms with Gasteiger partial charge in [0.25, 0.3) is 0 Å². The molecule has 1 aromatic rings. The molecular formula is C16H25ClN2O2. The molecule has 0 radical (unpaired) electrons. The summed E-state index contributed by atoms with van der Waals surface area (Å²) in [6.45, 7) is 7.54. The molecule has 5 heteroatoms. The predicted molar refractivity (Wildman–Crippen MR) is 85.8 cm³/mol. The second-order valence-electron chi connectivity index (χ2n) is 5.67. The van der Waals surface area contributed by atoms with Crippen molar-refractivity contribution < 1.29 is 9.84 Å². The highest BCUT2D eigenvalue weighted by Gasteiger charge is 2.25. The molecular weight excluding hydrogens is 288 g/mol. The van der Waals surface area contributed by atoms with Gasteiger partial charge in [-0.3, -0.25) is 9.80 Å². The first kappa shape index (κ1) is 16.7. The van der Waals surface area contributed by atoms with E-state index in [4.69, 9.17) is 16.3 Å². The van der Waals surface area contributed by atoms with E-state index >= 15 is 0 Å². The Balaban J connectivity index is 1.86. The molecule has 0 amide bonds. The van der Waals surface area contributed by atoms with Crippen LogP contribution >= 0.6 is 11.6 Å². The Morgan fingerprint density at radius 1 is 1.38 bits per heavy atom. The van der Waals surface area contributed by atoms with Gasteiger partial charge in [0.2, 0.25) is 0 Å². The van der Waals surface area contributed by atoms with Crippen molar-refractivity contribution in [2.75, 3.05) is 46.4 Å². The molecule has 1 aliphatic rings. The van der Waals surface area contributed by atoms with Gasteiger partial charge in [0.1, 0.15) is 0 Å². The van der Waals surface area contributed by atoms with E-state index in [1.807, 2.05) is 24.3 Å². The number of ether oxygens (including phenoxy) is 1. The number of β-amino-alcohol motifs (C(OH)–C–C–N with tert-alkyl or cyclic N) is 1. The summed E-state index contributed by atoms with van der Waals surface area (Å²) in [5, 5.41) is 11.0. The number of rotatable bonds is 6. The summed E-state index contributed by atoms with van der Waals surface area (Å²) in [6, 6.07) is 7.99. The first-order valence-electron chi connectivity index (χ1n) is 7.49. The van der Waals surface area contributed by atoms with Gasteiger partial charge < -0.3 is 9.84 Å². The van der Waals surface area contributed by atoms with Crippen LogP contribution in [0.5, 0.6) is 0 Å². The molecule has 0 bridgehead atoms. The van der Waals surface area contributed by atoms with E-state index in [2.05, 4.69) is 16.7 Å². The minimum Gasteiger partial charge on any atom is -0.387 e. The Kier molecular flexibility index (Phi) is 6.45. The summed E-state index contributed by atoms with van der Waals surface area (Å²) < 4.78 is 5.15. The lowest BCUT2D eigenvalue weighted by Gasteiger charge is -2.40. The molecule has 0 saturated carbocycles. The highest BCUT2D eigenvalue weighted by molar-refractivity contribution is 6.31. The first-order valence-corrected chi connectivity index (χ1v) is 7.87. The van der Waals surface area contributed by atoms with Crippen molar-refractivity contribution in [3.05, 3.63) is 34.9 Å². The molecule has 0 aliphatic carbocycles. The Morgan fingerprint density at radius 3 is 2.81 bits per heavy atom. The summed E-state index contributed by atoms with van der Waals surface area (Å²) in [6.07, 6.45) is -0.531. The predicted octanol–water partition coefficient (Wildman–Crippen LogP) is 2.03. The molecule has 1 saturated heterocycles. The van der Waals surface area contributed by atoms with Crippen LogP contribution < -0.4 is 0 Å². The van der Waals surface area contributed by atoms with Crippen LogP contribution in [-0.2, 0) is 4.74 Å². The number of piperazine rings is 1. The second-order valence-corrected chi connectivity index (χ2v) is 6.08. The minimum absolute atomic E-state index is 0.479. The van der Waals surface area contributed by atoms with Crippen LogP contribution in [0.15, 0.2) is 24.3 Å². The highest BCUT2D eigenvalue weighted by Crippen LogP contribution is 2.24. The molecule has 2 rings (SSSR count). The third-order valence-electron chi connectivity index (χ3n) is 4.13. The van der Waals surface area contributed by atoms with Crippen molar-refractivity contribution >= 4 is 11.6 Å². The van der Waals surface area contributed by atoms with Crippen molar-refractivity contribution in [2.45, 2.75) is 19.1 Å². The number of hydrogen-bond donors (Lipinski definition) is 1. The zero-order valence-corrected chi connectivity index (χ0v) is 13.6. The number of nitrogens with zero attached hydrogens (tertiary/aromatic N) is 2. The van der Waals surface area contributed by atoms with E-state index in [-0.39, 0.29) is 0 Å². The van der Waals surface area contributed by atoms with Crippen molar-refractivity contribution in [3.63, 3.8) is 0 Å². The monoisotopic (exact) mass is 312 g/mol. The van der Waals surface area contributed by atoms with E-state index in [0.29, 0.717) is 17.6 Å². The zero-order valence-electron chi connectivity index (χ0n) is 12.8. The molecule has 21 heavy (non-hydrogen) atoms. The highest BCUT2D eigenvalue weighted by atomic mass is 35.5. The van der Waals surface area contributed by atoms with Crippen LogP contribution in [0.25, 0.3) is 0 Å². The summed E-state index contributed by atoms with van der Waals surface area (Å²) in [5.41, 5.74) is 0.814. The summed E-state index contributed by atoms with van der Waals surface area (Å²) in [7, 11) is 1.74. The third-order valence-corrected chi connectivity index (χ3v) is 4.47. The molecule has 1 fully saturated rings. The lowest BCUT2D eigenvalue weighted by Crippen LogP contribution is -2.53. The molecule has 2 unspecified atom stereocenters. The average Bonchev–Trinajstić information content (AvgIpc) is 2.47. The van der Waals surface area contributed by atoms with Gasteiger partial charge in [-0.1, -0.05) is 29.8 Å². The quantitative estimate of drug-likeness (QED) is 0.872.